The highest BCUT2D eigenvalue weighted by atomic mass is 32.2. The van der Waals surface area contributed by atoms with Gasteiger partial charge in [-0.1, -0.05) is 6.07 Å². The highest BCUT2D eigenvalue weighted by Gasteiger charge is 2.29. The molecule has 9 heteroatoms. The molecule has 2 aromatic rings. The molecule has 1 aromatic carbocycles. The number of aromatic nitrogens is 2. The van der Waals surface area contributed by atoms with Crippen LogP contribution in [0.15, 0.2) is 17.2 Å². The average molecular weight is 417 g/mol. The zero-order chi connectivity index (χ0) is 20.0. The van der Waals surface area contributed by atoms with Crippen LogP contribution in [-0.2, 0) is 42.3 Å². The number of aryl methyl sites for hydroxylation is 3. The van der Waals surface area contributed by atoms with Gasteiger partial charge in [0.15, 0.2) is 4.90 Å². The first kappa shape index (κ1) is 18.5. The third-order valence-electron chi connectivity index (χ3n) is 5.99. The van der Waals surface area contributed by atoms with E-state index in [1.165, 1.54) is 22.0 Å². The Morgan fingerprint density at radius 3 is 2.48 bits per heavy atom. The second kappa shape index (κ2) is 7.05. The summed E-state index contributed by atoms with van der Waals surface area (Å²) in [6.45, 7) is 1.03. The number of ether oxygens (including phenoxy) is 1. The fourth-order valence-corrected chi connectivity index (χ4v) is 5.65. The van der Waals surface area contributed by atoms with E-state index in [9.17, 15) is 13.2 Å². The maximum atomic E-state index is 12.8. The van der Waals surface area contributed by atoms with Gasteiger partial charge in [0.05, 0.1) is 12.8 Å². The third kappa shape index (κ3) is 3.27. The van der Waals surface area contributed by atoms with E-state index in [1.54, 1.807) is 0 Å². The smallest absolute Gasteiger partial charge is 0.333 e. The minimum atomic E-state index is -4.09. The van der Waals surface area contributed by atoms with Crippen LogP contribution in [0.5, 0.6) is 5.88 Å². The Labute approximate surface area is 169 Å². The molecule has 3 aliphatic rings. The van der Waals surface area contributed by atoms with Gasteiger partial charge >= 0.3 is 6.03 Å². The SMILES string of the molecule is O=C(Nc1c2c(cc3c1CCC3)CCC2)NS(=O)(=O)c1cnn2c1OCCCC2. The molecule has 8 nitrogen and oxygen atoms in total. The summed E-state index contributed by atoms with van der Waals surface area (Å²) in [5.74, 6) is 0.198. The second-order valence-electron chi connectivity index (χ2n) is 7.89. The minimum absolute atomic E-state index is 0.0990. The van der Waals surface area contributed by atoms with Crippen molar-refractivity contribution in [3.05, 3.63) is 34.5 Å². The van der Waals surface area contributed by atoms with Gasteiger partial charge in [-0.2, -0.15) is 5.10 Å². The standard InChI is InChI=1S/C20H24N4O4S/c25-20(22-18-15-7-3-5-13(15)11-14-6-4-8-16(14)18)23-29(26,27)17-12-21-24-9-1-2-10-28-19(17)24/h11-12H,1-10H2,(H2,22,23,25). The quantitative estimate of drug-likeness (QED) is 0.801. The van der Waals surface area contributed by atoms with E-state index in [2.05, 4.69) is 21.2 Å². The van der Waals surface area contributed by atoms with E-state index in [0.29, 0.717) is 13.2 Å². The van der Waals surface area contributed by atoms with Crippen LogP contribution in [0.4, 0.5) is 10.5 Å². The zero-order valence-corrected chi connectivity index (χ0v) is 17.0. The number of nitrogens with one attached hydrogen (secondary N) is 2. The largest absolute Gasteiger partial charge is 0.477 e. The molecule has 0 atom stereocenters. The van der Waals surface area contributed by atoms with Gasteiger partial charge in [0, 0.05) is 12.2 Å². The number of nitrogens with zero attached hydrogens (tertiary/aromatic N) is 2. The Balaban J connectivity index is 1.40. The molecule has 0 spiro atoms. The van der Waals surface area contributed by atoms with Crippen molar-refractivity contribution in [1.29, 1.82) is 0 Å². The zero-order valence-electron chi connectivity index (χ0n) is 16.2. The molecule has 5 rings (SSSR count). The van der Waals surface area contributed by atoms with Gasteiger partial charge in [0.2, 0.25) is 5.88 Å². The lowest BCUT2D eigenvalue weighted by Crippen LogP contribution is -2.35. The molecule has 0 saturated heterocycles. The van der Waals surface area contributed by atoms with E-state index >= 15 is 0 Å². The van der Waals surface area contributed by atoms with Crippen molar-refractivity contribution in [2.45, 2.75) is 62.8 Å². The van der Waals surface area contributed by atoms with E-state index in [4.69, 9.17) is 4.74 Å². The number of rotatable bonds is 3. The number of carbonyl (C=O) groups is 1. The molecule has 0 radical (unpaired) electrons. The highest BCUT2D eigenvalue weighted by molar-refractivity contribution is 7.90. The Bertz CT molecular complexity index is 1060. The molecule has 1 aromatic heterocycles. The van der Waals surface area contributed by atoms with Gasteiger partial charge in [-0.25, -0.2) is 22.6 Å². The van der Waals surface area contributed by atoms with Crippen molar-refractivity contribution in [2.75, 3.05) is 11.9 Å². The number of sulfonamides is 1. The predicted molar refractivity (Wildman–Crippen MR) is 107 cm³/mol. The van der Waals surface area contributed by atoms with Gasteiger partial charge in [0.1, 0.15) is 0 Å². The maximum Gasteiger partial charge on any atom is 0.333 e. The summed E-state index contributed by atoms with van der Waals surface area (Å²) in [5, 5.41) is 6.97. The Kier molecular flexibility index (Phi) is 4.49. The van der Waals surface area contributed by atoms with Crippen molar-refractivity contribution in [3.8, 4) is 5.88 Å². The molecule has 0 bridgehead atoms. The molecule has 0 saturated carbocycles. The molecule has 0 fully saturated rings. The summed E-state index contributed by atoms with van der Waals surface area (Å²) in [4.78, 5) is 12.6. The molecule has 154 valence electrons. The summed E-state index contributed by atoms with van der Waals surface area (Å²) in [5.41, 5.74) is 5.67. The van der Waals surface area contributed by atoms with Crippen LogP contribution >= 0.6 is 0 Å². The van der Waals surface area contributed by atoms with E-state index < -0.39 is 16.1 Å². The lowest BCUT2D eigenvalue weighted by molar-refractivity contribution is 0.256. The first-order chi connectivity index (χ1) is 14.0. The van der Waals surface area contributed by atoms with E-state index in [0.717, 1.165) is 68.2 Å². The van der Waals surface area contributed by atoms with Gasteiger partial charge in [-0.3, -0.25) is 0 Å². The lowest BCUT2D eigenvalue weighted by Gasteiger charge is -2.16. The summed E-state index contributed by atoms with van der Waals surface area (Å²) in [6, 6.07) is 1.53. The summed E-state index contributed by atoms with van der Waals surface area (Å²) < 4.78 is 34.9. The van der Waals surface area contributed by atoms with Crippen LogP contribution in [0.1, 0.15) is 47.9 Å². The van der Waals surface area contributed by atoms with Crippen LogP contribution in [0.25, 0.3) is 0 Å². The van der Waals surface area contributed by atoms with Crippen LogP contribution in [0.2, 0.25) is 0 Å². The highest BCUT2D eigenvalue weighted by Crippen LogP contribution is 2.38. The molecule has 2 heterocycles. The van der Waals surface area contributed by atoms with Crippen LogP contribution in [0.3, 0.4) is 0 Å². The second-order valence-corrected chi connectivity index (χ2v) is 9.54. The average Bonchev–Trinajstić information content (AvgIpc) is 3.38. The fourth-order valence-electron chi connectivity index (χ4n) is 4.66. The summed E-state index contributed by atoms with van der Waals surface area (Å²) in [6.07, 6.45) is 8.92. The molecule has 2 aliphatic carbocycles. The summed E-state index contributed by atoms with van der Waals surface area (Å²) >= 11 is 0. The number of benzene rings is 1. The Hall–Kier alpha value is -2.55. The molecule has 2 N–H and O–H groups in total. The number of fused-ring (bicyclic) bond motifs is 3. The monoisotopic (exact) mass is 416 g/mol. The maximum absolute atomic E-state index is 12.8. The summed E-state index contributed by atoms with van der Waals surface area (Å²) in [7, 11) is -4.09. The van der Waals surface area contributed by atoms with Crippen molar-refractivity contribution in [3.63, 3.8) is 0 Å². The van der Waals surface area contributed by atoms with Gasteiger partial charge in [-0.05, 0) is 73.6 Å². The fraction of sp³-hybridized carbons (Fsp3) is 0.500. The first-order valence-corrected chi connectivity index (χ1v) is 11.7. The number of hydrogen-bond donors (Lipinski definition) is 2. The van der Waals surface area contributed by atoms with Crippen molar-refractivity contribution >= 4 is 21.7 Å². The predicted octanol–water partition coefficient (Wildman–Crippen LogP) is 2.54. The minimum Gasteiger partial charge on any atom is -0.477 e. The van der Waals surface area contributed by atoms with Gasteiger partial charge in [0.25, 0.3) is 10.0 Å². The van der Waals surface area contributed by atoms with Crippen molar-refractivity contribution < 1.29 is 17.9 Å². The number of amides is 2. The molecular formula is C20H24N4O4S. The topological polar surface area (TPSA) is 102 Å². The number of hydrogen-bond acceptors (Lipinski definition) is 5. The van der Waals surface area contributed by atoms with E-state index in [-0.39, 0.29) is 10.8 Å². The molecule has 2 amide bonds. The molecular weight excluding hydrogens is 392 g/mol. The Morgan fingerprint density at radius 2 is 1.76 bits per heavy atom. The lowest BCUT2D eigenvalue weighted by atomic mass is 9.99. The normalized spacial score (nSPS) is 17.7. The molecule has 1 aliphatic heterocycles. The van der Waals surface area contributed by atoms with Crippen LogP contribution < -0.4 is 14.8 Å². The number of anilines is 1. The van der Waals surface area contributed by atoms with Crippen molar-refractivity contribution in [2.24, 2.45) is 0 Å². The number of carbonyl (C=O) groups excluding carboxylic acids is 1. The van der Waals surface area contributed by atoms with Crippen LogP contribution in [-0.4, -0.2) is 30.8 Å². The van der Waals surface area contributed by atoms with Crippen LogP contribution in [0, 0.1) is 0 Å². The third-order valence-corrected chi connectivity index (χ3v) is 7.30. The van der Waals surface area contributed by atoms with Gasteiger partial charge in [-0.15, -0.1) is 0 Å². The first-order valence-electron chi connectivity index (χ1n) is 10.2. The Morgan fingerprint density at radius 1 is 1.03 bits per heavy atom. The molecule has 29 heavy (non-hydrogen) atoms. The van der Waals surface area contributed by atoms with E-state index in [1.807, 2.05) is 0 Å². The molecule has 0 unspecified atom stereocenters. The van der Waals surface area contributed by atoms with Crippen molar-refractivity contribution in [1.82, 2.24) is 14.5 Å². The van der Waals surface area contributed by atoms with Gasteiger partial charge < -0.3 is 10.1 Å². The number of urea groups is 1.